The van der Waals surface area contributed by atoms with Gasteiger partial charge in [0.25, 0.3) is 5.91 Å². The molecule has 0 aliphatic rings. The molecule has 1 aromatic carbocycles. The molecule has 0 spiro atoms. The first kappa shape index (κ1) is 20.5. The molecule has 1 amide bonds. The molecular weight excluding hydrogens is 348 g/mol. The number of carbonyl (C=O) groups excluding carboxylic acids is 2. The van der Waals surface area contributed by atoms with Gasteiger partial charge in [-0.2, -0.15) is 0 Å². The number of aryl methyl sites for hydroxylation is 2. The van der Waals surface area contributed by atoms with Crippen molar-refractivity contribution in [3.8, 4) is 5.75 Å². The van der Waals surface area contributed by atoms with Crippen molar-refractivity contribution in [3.05, 3.63) is 46.8 Å². The zero-order valence-electron chi connectivity index (χ0n) is 16.2. The molecule has 1 heterocycles. The summed E-state index contributed by atoms with van der Waals surface area (Å²) in [5.74, 6) is 0.336. The Labute approximate surface area is 159 Å². The monoisotopic (exact) mass is 374 g/mol. The number of hydrogen-bond acceptors (Lipinski definition) is 6. The van der Waals surface area contributed by atoms with Crippen LogP contribution in [0.1, 0.15) is 54.1 Å². The molecule has 27 heavy (non-hydrogen) atoms. The van der Waals surface area contributed by atoms with Crippen LogP contribution in [0.15, 0.2) is 28.8 Å². The third-order valence-corrected chi connectivity index (χ3v) is 4.10. The van der Waals surface area contributed by atoms with Gasteiger partial charge in [-0.25, -0.2) is 4.79 Å². The second-order valence-corrected chi connectivity index (χ2v) is 6.45. The van der Waals surface area contributed by atoms with Gasteiger partial charge in [0.05, 0.1) is 16.8 Å². The van der Waals surface area contributed by atoms with Crippen molar-refractivity contribution < 1.29 is 23.6 Å². The van der Waals surface area contributed by atoms with E-state index >= 15 is 0 Å². The van der Waals surface area contributed by atoms with Crippen molar-refractivity contribution in [2.45, 2.75) is 53.2 Å². The van der Waals surface area contributed by atoms with Crippen LogP contribution in [0.2, 0.25) is 0 Å². The molecule has 7 nitrogen and oxygen atoms in total. The lowest BCUT2D eigenvalue weighted by Gasteiger charge is -2.13. The van der Waals surface area contributed by atoms with Gasteiger partial charge < -0.3 is 19.3 Å². The Morgan fingerprint density at radius 1 is 1.30 bits per heavy atom. The van der Waals surface area contributed by atoms with Crippen LogP contribution in [-0.4, -0.2) is 29.7 Å². The summed E-state index contributed by atoms with van der Waals surface area (Å²) in [6.45, 7) is 7.61. The van der Waals surface area contributed by atoms with Crippen LogP contribution in [0.5, 0.6) is 5.75 Å². The molecule has 0 fully saturated rings. The molecule has 1 N–H and O–H groups in total. The van der Waals surface area contributed by atoms with Gasteiger partial charge in [-0.15, -0.1) is 0 Å². The van der Waals surface area contributed by atoms with E-state index in [4.69, 9.17) is 14.0 Å². The number of aromatic nitrogens is 1. The molecule has 0 aliphatic carbocycles. The van der Waals surface area contributed by atoms with Crippen molar-refractivity contribution in [1.82, 2.24) is 10.5 Å². The first-order valence-corrected chi connectivity index (χ1v) is 9.01. The average Bonchev–Trinajstić information content (AvgIpc) is 2.96. The van der Waals surface area contributed by atoms with Crippen molar-refractivity contribution in [2.24, 2.45) is 0 Å². The summed E-state index contributed by atoms with van der Waals surface area (Å²) in [5, 5.41) is 6.67. The quantitative estimate of drug-likeness (QED) is 0.677. The van der Waals surface area contributed by atoms with E-state index in [0.29, 0.717) is 17.1 Å². The number of carbonyl (C=O) groups is 2. The Bertz CT molecular complexity index is 765. The normalized spacial score (nSPS) is 11.7. The molecule has 1 atom stereocenters. The highest BCUT2D eigenvalue weighted by Crippen LogP contribution is 2.19. The summed E-state index contributed by atoms with van der Waals surface area (Å²) in [6, 6.07) is 6.69. The molecule has 146 valence electrons. The lowest BCUT2D eigenvalue weighted by atomic mass is 10.2. The van der Waals surface area contributed by atoms with E-state index in [9.17, 15) is 9.59 Å². The van der Waals surface area contributed by atoms with E-state index in [2.05, 4.69) is 10.5 Å². The zero-order chi connectivity index (χ0) is 19.8. The van der Waals surface area contributed by atoms with Crippen LogP contribution in [0.4, 0.5) is 0 Å². The Kier molecular flexibility index (Phi) is 7.40. The number of benzene rings is 1. The van der Waals surface area contributed by atoms with E-state index in [1.54, 1.807) is 24.3 Å². The smallest absolute Gasteiger partial charge is 0.338 e. The van der Waals surface area contributed by atoms with Gasteiger partial charge in [0.2, 0.25) is 0 Å². The maximum Gasteiger partial charge on any atom is 0.338 e. The maximum atomic E-state index is 12.2. The molecular formula is C20H26N2O5. The fourth-order valence-electron chi connectivity index (χ4n) is 2.61. The highest BCUT2D eigenvalue weighted by Gasteiger charge is 2.14. The molecule has 0 aliphatic heterocycles. The predicted molar refractivity (Wildman–Crippen MR) is 99.5 cm³/mol. The lowest BCUT2D eigenvalue weighted by Crippen LogP contribution is -2.35. The Hall–Kier alpha value is -2.83. The minimum Gasteiger partial charge on any atom is -0.489 e. The summed E-state index contributed by atoms with van der Waals surface area (Å²) in [6.07, 6.45) is 1.85. The van der Waals surface area contributed by atoms with Crippen LogP contribution < -0.4 is 10.1 Å². The maximum absolute atomic E-state index is 12.2. The van der Waals surface area contributed by atoms with Crippen molar-refractivity contribution >= 4 is 11.9 Å². The van der Waals surface area contributed by atoms with Gasteiger partial charge in [-0.3, -0.25) is 4.79 Å². The lowest BCUT2D eigenvalue weighted by molar-refractivity contribution is -0.124. The van der Waals surface area contributed by atoms with Gasteiger partial charge in [-0.1, -0.05) is 24.6 Å². The van der Waals surface area contributed by atoms with Crippen LogP contribution in [0.25, 0.3) is 0 Å². The molecule has 0 saturated carbocycles. The van der Waals surface area contributed by atoms with Crippen LogP contribution in [-0.2, 0) is 16.1 Å². The van der Waals surface area contributed by atoms with Gasteiger partial charge in [-0.05, 0) is 45.4 Å². The number of nitrogens with one attached hydrogen (secondary N) is 1. The number of esters is 1. The third-order valence-electron chi connectivity index (χ3n) is 4.10. The molecule has 0 bridgehead atoms. The fraction of sp³-hybridized carbons (Fsp3) is 0.450. The number of amides is 1. The van der Waals surface area contributed by atoms with E-state index in [0.717, 1.165) is 24.1 Å². The Balaban J connectivity index is 1.88. The van der Waals surface area contributed by atoms with E-state index in [1.165, 1.54) is 0 Å². The summed E-state index contributed by atoms with van der Waals surface area (Å²) >= 11 is 0. The first-order chi connectivity index (χ1) is 12.9. The Morgan fingerprint density at radius 2 is 2.07 bits per heavy atom. The van der Waals surface area contributed by atoms with Crippen LogP contribution in [0.3, 0.4) is 0 Å². The topological polar surface area (TPSA) is 90.7 Å². The Morgan fingerprint density at radius 3 is 2.74 bits per heavy atom. The largest absolute Gasteiger partial charge is 0.489 e. The molecule has 2 aromatic rings. The van der Waals surface area contributed by atoms with E-state index < -0.39 is 5.97 Å². The van der Waals surface area contributed by atoms with Crippen LogP contribution in [0, 0.1) is 13.8 Å². The summed E-state index contributed by atoms with van der Waals surface area (Å²) in [4.78, 5) is 24.0. The first-order valence-electron chi connectivity index (χ1n) is 9.01. The second-order valence-electron chi connectivity index (χ2n) is 6.45. The molecule has 2 rings (SSSR count). The number of nitrogens with zero attached hydrogens (tertiary/aromatic N) is 1. The second kappa shape index (κ2) is 9.75. The van der Waals surface area contributed by atoms with Crippen LogP contribution >= 0.6 is 0 Å². The molecule has 0 unspecified atom stereocenters. The summed E-state index contributed by atoms with van der Waals surface area (Å²) < 4.78 is 15.9. The minimum absolute atomic E-state index is 0.0576. The molecule has 7 heteroatoms. The predicted octanol–water partition coefficient (Wildman–Crippen LogP) is 3.33. The highest BCUT2D eigenvalue weighted by atomic mass is 16.5. The molecule has 1 aromatic heterocycles. The van der Waals surface area contributed by atoms with E-state index in [1.807, 2.05) is 27.7 Å². The number of ether oxygens (including phenoxy) is 2. The summed E-state index contributed by atoms with van der Waals surface area (Å²) in [5.41, 5.74) is 1.97. The average molecular weight is 374 g/mol. The van der Waals surface area contributed by atoms with Gasteiger partial charge in [0, 0.05) is 6.04 Å². The third kappa shape index (κ3) is 6.13. The van der Waals surface area contributed by atoms with Gasteiger partial charge in [0.15, 0.2) is 6.61 Å². The summed E-state index contributed by atoms with van der Waals surface area (Å²) in [7, 11) is 0. The van der Waals surface area contributed by atoms with E-state index in [-0.39, 0.29) is 25.2 Å². The van der Waals surface area contributed by atoms with Crippen molar-refractivity contribution in [1.29, 1.82) is 0 Å². The SMILES string of the molecule is CCC[C@@H](C)NC(=O)COC(=O)c1cccc(OCc2c(C)noc2C)c1. The molecule has 0 radical (unpaired) electrons. The zero-order valence-corrected chi connectivity index (χ0v) is 16.2. The minimum atomic E-state index is -0.573. The van der Waals surface area contributed by atoms with Crippen molar-refractivity contribution in [2.75, 3.05) is 6.61 Å². The standard InChI is InChI=1S/C20H26N2O5/c1-5-7-13(2)21-19(23)12-26-20(24)16-8-6-9-17(10-16)25-11-18-14(3)22-27-15(18)4/h6,8-10,13H,5,7,11-12H2,1-4H3,(H,21,23)/t13-/m1/s1. The fourth-order valence-corrected chi connectivity index (χ4v) is 2.61. The number of rotatable bonds is 9. The van der Waals surface area contributed by atoms with Crippen molar-refractivity contribution in [3.63, 3.8) is 0 Å². The van der Waals surface area contributed by atoms with Gasteiger partial charge in [0.1, 0.15) is 18.1 Å². The highest BCUT2D eigenvalue weighted by molar-refractivity contribution is 5.91. The van der Waals surface area contributed by atoms with Gasteiger partial charge >= 0.3 is 5.97 Å². The number of hydrogen-bond donors (Lipinski definition) is 1. The molecule has 0 saturated heterocycles.